The Morgan fingerprint density at radius 2 is 1.67 bits per heavy atom. The maximum atomic E-state index is 13.5. The van der Waals surface area contributed by atoms with Gasteiger partial charge in [-0.25, -0.2) is 4.79 Å². The van der Waals surface area contributed by atoms with Gasteiger partial charge in [0.1, 0.15) is 5.75 Å². The number of fused-ring (bicyclic) bond motifs is 1. The third kappa shape index (κ3) is 3.86. The zero-order valence-corrected chi connectivity index (χ0v) is 18.6. The number of hydrogen-bond acceptors (Lipinski definition) is 4. The molecule has 2 amide bonds. The summed E-state index contributed by atoms with van der Waals surface area (Å²) in [5.74, 6) is 0.568. The molecule has 1 aliphatic heterocycles. The van der Waals surface area contributed by atoms with E-state index in [1.807, 2.05) is 52.0 Å². The Labute approximate surface area is 178 Å². The molecule has 1 atom stereocenters. The highest BCUT2D eigenvalue weighted by Crippen LogP contribution is 2.40. The molecule has 0 aromatic heterocycles. The number of amides is 2. The molecule has 1 aliphatic rings. The zero-order valence-electron chi connectivity index (χ0n) is 18.6. The molecule has 0 spiro atoms. The Morgan fingerprint density at radius 3 is 2.27 bits per heavy atom. The van der Waals surface area contributed by atoms with Crippen LogP contribution < -0.4 is 14.5 Å². The molecule has 0 saturated carbocycles. The lowest BCUT2D eigenvalue weighted by Gasteiger charge is -2.42. The Balaban J connectivity index is 2.12. The molecule has 0 N–H and O–H groups in total. The lowest BCUT2D eigenvalue weighted by molar-refractivity contribution is 0.0981. The summed E-state index contributed by atoms with van der Waals surface area (Å²) < 4.78 is 10.7. The highest BCUT2D eigenvalue weighted by molar-refractivity contribution is 6.10. The van der Waals surface area contributed by atoms with E-state index in [0.717, 1.165) is 22.4 Å². The lowest BCUT2D eigenvalue weighted by Crippen LogP contribution is -2.53. The van der Waals surface area contributed by atoms with E-state index < -0.39 is 0 Å². The molecule has 160 valence electrons. The molecule has 6 heteroatoms. The molecular weight excluding hydrogens is 380 g/mol. The van der Waals surface area contributed by atoms with Gasteiger partial charge in [-0.2, -0.15) is 0 Å². The summed E-state index contributed by atoms with van der Waals surface area (Å²) in [7, 11) is 1.60. The van der Waals surface area contributed by atoms with Crippen molar-refractivity contribution in [3.63, 3.8) is 0 Å². The molecule has 0 radical (unpaired) electrons. The van der Waals surface area contributed by atoms with Gasteiger partial charge in [0, 0.05) is 12.1 Å². The number of carbonyl (C=O) groups is 2. The van der Waals surface area contributed by atoms with Crippen LogP contribution in [0.2, 0.25) is 0 Å². The van der Waals surface area contributed by atoms with E-state index in [-0.39, 0.29) is 18.0 Å². The first kappa shape index (κ1) is 21.7. The van der Waals surface area contributed by atoms with Crippen LogP contribution in [0.15, 0.2) is 30.3 Å². The van der Waals surface area contributed by atoms with Gasteiger partial charge in [0.2, 0.25) is 0 Å². The average molecular weight is 411 g/mol. The van der Waals surface area contributed by atoms with Crippen LogP contribution in [-0.2, 0) is 4.74 Å². The number of rotatable bonds is 4. The molecule has 0 aliphatic carbocycles. The van der Waals surface area contributed by atoms with Gasteiger partial charge in [-0.1, -0.05) is 13.0 Å². The minimum atomic E-state index is -0.377. The molecule has 0 bridgehead atoms. The normalized spacial score (nSPS) is 15.6. The molecule has 3 rings (SSSR count). The van der Waals surface area contributed by atoms with Gasteiger partial charge in [0.25, 0.3) is 5.91 Å². The Hall–Kier alpha value is -3.02. The van der Waals surface area contributed by atoms with Crippen LogP contribution in [0.3, 0.4) is 0 Å². The second kappa shape index (κ2) is 8.78. The quantitative estimate of drug-likeness (QED) is 0.710. The number of aryl methyl sites for hydroxylation is 3. The molecule has 0 saturated heterocycles. The third-order valence-corrected chi connectivity index (χ3v) is 5.74. The van der Waals surface area contributed by atoms with Crippen molar-refractivity contribution in [1.29, 1.82) is 0 Å². The first-order valence-corrected chi connectivity index (χ1v) is 10.4. The molecule has 0 fully saturated rings. The maximum absolute atomic E-state index is 13.5. The number of benzene rings is 2. The summed E-state index contributed by atoms with van der Waals surface area (Å²) in [6.07, 6.45) is 0.324. The summed E-state index contributed by atoms with van der Waals surface area (Å²) in [6.45, 7) is 10.5. The summed E-state index contributed by atoms with van der Waals surface area (Å²) >= 11 is 0. The van der Waals surface area contributed by atoms with Crippen molar-refractivity contribution in [3.8, 4) is 5.75 Å². The minimum absolute atomic E-state index is 0.111. The average Bonchev–Trinajstić information content (AvgIpc) is 2.73. The fourth-order valence-corrected chi connectivity index (χ4v) is 3.84. The number of ether oxygens (including phenoxy) is 2. The van der Waals surface area contributed by atoms with Crippen LogP contribution in [0.4, 0.5) is 16.2 Å². The topological polar surface area (TPSA) is 59.1 Å². The second-order valence-electron chi connectivity index (χ2n) is 7.66. The van der Waals surface area contributed by atoms with Gasteiger partial charge in [-0.15, -0.1) is 0 Å². The first-order valence-electron chi connectivity index (χ1n) is 10.4. The number of hydrogen-bond donors (Lipinski definition) is 0. The standard InChI is InChI=1S/C24H30N2O4/c1-7-19-14-25(23(27)18-10-9-15(3)22(13-18)29-6)20-11-16(4)17(5)12-21(20)26(19)24(28)30-8-2/h9-13,19H,7-8,14H2,1-6H3. The van der Waals surface area contributed by atoms with Crippen LogP contribution in [-0.4, -0.2) is 38.3 Å². The van der Waals surface area contributed by atoms with E-state index in [2.05, 4.69) is 0 Å². The van der Waals surface area contributed by atoms with Crippen LogP contribution in [0.1, 0.15) is 47.3 Å². The zero-order chi connectivity index (χ0) is 22.0. The highest BCUT2D eigenvalue weighted by Gasteiger charge is 2.37. The largest absolute Gasteiger partial charge is 0.496 e. The van der Waals surface area contributed by atoms with Gasteiger partial charge < -0.3 is 14.4 Å². The van der Waals surface area contributed by atoms with Gasteiger partial charge in [-0.3, -0.25) is 9.69 Å². The molecule has 6 nitrogen and oxygen atoms in total. The van der Waals surface area contributed by atoms with Gasteiger partial charge >= 0.3 is 6.09 Å². The Morgan fingerprint density at radius 1 is 1.00 bits per heavy atom. The number of anilines is 2. The molecule has 2 aromatic rings. The van der Waals surface area contributed by atoms with Crippen molar-refractivity contribution in [2.24, 2.45) is 0 Å². The van der Waals surface area contributed by atoms with E-state index in [1.54, 1.807) is 29.9 Å². The van der Waals surface area contributed by atoms with E-state index in [4.69, 9.17) is 9.47 Å². The maximum Gasteiger partial charge on any atom is 0.414 e. The molecule has 1 unspecified atom stereocenters. The fraction of sp³-hybridized carbons (Fsp3) is 0.417. The molecular formula is C24H30N2O4. The van der Waals surface area contributed by atoms with Gasteiger partial charge in [0.05, 0.1) is 31.1 Å². The highest BCUT2D eigenvalue weighted by atomic mass is 16.6. The van der Waals surface area contributed by atoms with Crippen molar-refractivity contribution in [2.45, 2.75) is 47.1 Å². The third-order valence-electron chi connectivity index (χ3n) is 5.74. The van der Waals surface area contributed by atoms with E-state index in [1.165, 1.54) is 0 Å². The summed E-state index contributed by atoms with van der Waals surface area (Å²) in [6, 6.07) is 9.26. The molecule has 2 aromatic carbocycles. The second-order valence-corrected chi connectivity index (χ2v) is 7.66. The fourth-order valence-electron chi connectivity index (χ4n) is 3.84. The van der Waals surface area contributed by atoms with Gasteiger partial charge in [0.15, 0.2) is 0 Å². The van der Waals surface area contributed by atoms with Crippen molar-refractivity contribution in [1.82, 2.24) is 0 Å². The van der Waals surface area contributed by atoms with Crippen LogP contribution in [0.5, 0.6) is 5.75 Å². The Kier molecular flexibility index (Phi) is 6.34. The Bertz CT molecular complexity index is 970. The van der Waals surface area contributed by atoms with Gasteiger partial charge in [-0.05, 0) is 75.1 Å². The smallest absolute Gasteiger partial charge is 0.414 e. The predicted molar refractivity (Wildman–Crippen MR) is 119 cm³/mol. The van der Waals surface area contributed by atoms with Crippen LogP contribution in [0, 0.1) is 20.8 Å². The first-order chi connectivity index (χ1) is 14.3. The number of nitrogens with zero attached hydrogens (tertiary/aromatic N) is 2. The van der Waals surface area contributed by atoms with Crippen molar-refractivity contribution >= 4 is 23.4 Å². The SMILES string of the molecule is CCOC(=O)N1c2cc(C)c(C)cc2N(C(=O)c2ccc(C)c(OC)c2)CC1CC. The molecule has 1 heterocycles. The predicted octanol–water partition coefficient (Wildman–Crippen LogP) is 5.02. The van der Waals surface area contributed by atoms with Crippen molar-refractivity contribution < 1.29 is 19.1 Å². The minimum Gasteiger partial charge on any atom is -0.496 e. The monoisotopic (exact) mass is 410 g/mol. The summed E-state index contributed by atoms with van der Waals surface area (Å²) in [5, 5.41) is 0. The van der Waals surface area contributed by atoms with E-state index >= 15 is 0 Å². The van der Waals surface area contributed by atoms with E-state index in [0.29, 0.717) is 36.6 Å². The van der Waals surface area contributed by atoms with Crippen molar-refractivity contribution in [3.05, 3.63) is 52.6 Å². The number of methoxy groups -OCH3 is 1. The summed E-state index contributed by atoms with van der Waals surface area (Å²) in [4.78, 5) is 29.8. The van der Waals surface area contributed by atoms with Crippen LogP contribution in [0.25, 0.3) is 0 Å². The summed E-state index contributed by atoms with van der Waals surface area (Å²) in [5.41, 5.74) is 5.08. The lowest BCUT2D eigenvalue weighted by atomic mass is 9.99. The van der Waals surface area contributed by atoms with Crippen molar-refractivity contribution in [2.75, 3.05) is 30.1 Å². The van der Waals surface area contributed by atoms with E-state index in [9.17, 15) is 9.59 Å². The number of carbonyl (C=O) groups excluding carboxylic acids is 2. The molecule has 30 heavy (non-hydrogen) atoms. The van der Waals surface area contributed by atoms with Crippen LogP contribution >= 0.6 is 0 Å².